The average Bonchev–Trinajstić information content (AvgIpc) is 2.31. The maximum atomic E-state index is 13.0. The fourth-order valence-corrected chi connectivity index (χ4v) is 2.42. The van der Waals surface area contributed by atoms with Crippen LogP contribution in [0, 0.1) is 9.39 Å². The van der Waals surface area contributed by atoms with Crippen molar-refractivity contribution in [2.45, 2.75) is 6.54 Å². The highest BCUT2D eigenvalue weighted by molar-refractivity contribution is 14.1. The molecule has 0 aliphatic heterocycles. The largest absolute Gasteiger partial charge is 0.381 e. The monoisotopic (exact) mass is 405 g/mol. The third-order valence-electron chi connectivity index (χ3n) is 2.31. The van der Waals surface area contributed by atoms with Crippen LogP contribution in [0.2, 0.25) is 0 Å². The van der Waals surface area contributed by atoms with Crippen LogP contribution in [-0.2, 0) is 6.54 Å². The van der Waals surface area contributed by atoms with Crippen molar-refractivity contribution in [2.24, 2.45) is 0 Å². The predicted octanol–water partition coefficient (Wildman–Crippen LogP) is 4.80. The predicted molar refractivity (Wildman–Crippen MR) is 80.6 cm³/mol. The van der Waals surface area contributed by atoms with Crippen molar-refractivity contribution in [1.29, 1.82) is 0 Å². The maximum absolute atomic E-state index is 13.0. The van der Waals surface area contributed by atoms with Crippen LogP contribution in [-0.4, -0.2) is 0 Å². The Kier molecular flexibility index (Phi) is 4.39. The number of nitrogens with one attached hydrogen (secondary N) is 1. The van der Waals surface area contributed by atoms with Crippen molar-refractivity contribution in [2.75, 3.05) is 5.32 Å². The number of halogens is 3. The van der Waals surface area contributed by atoms with Gasteiger partial charge in [0, 0.05) is 15.8 Å². The van der Waals surface area contributed by atoms with Crippen LogP contribution < -0.4 is 5.32 Å². The molecule has 0 aromatic heterocycles. The van der Waals surface area contributed by atoms with E-state index in [1.807, 2.05) is 18.2 Å². The van der Waals surface area contributed by atoms with Gasteiger partial charge < -0.3 is 5.32 Å². The second kappa shape index (κ2) is 5.82. The van der Waals surface area contributed by atoms with E-state index in [0.717, 1.165) is 11.3 Å². The minimum Gasteiger partial charge on any atom is -0.381 e. The van der Waals surface area contributed by atoms with Gasteiger partial charge in [-0.05, 0) is 74.4 Å². The molecule has 0 saturated heterocycles. The molecule has 17 heavy (non-hydrogen) atoms. The fourth-order valence-electron chi connectivity index (χ4n) is 1.45. The summed E-state index contributed by atoms with van der Waals surface area (Å²) in [6, 6.07) is 13.2. The first-order valence-electron chi connectivity index (χ1n) is 5.08. The summed E-state index contributed by atoms with van der Waals surface area (Å²) >= 11 is 5.45. The molecule has 0 radical (unpaired) electrons. The summed E-state index contributed by atoms with van der Waals surface area (Å²) in [7, 11) is 0. The molecule has 0 saturated carbocycles. The van der Waals surface area contributed by atoms with E-state index >= 15 is 0 Å². The standard InChI is InChI=1S/C13H10BrFIN/c14-12-6-9(4-5-13(12)15)8-17-11-3-1-2-10(16)7-11/h1-7,17H,8H2. The summed E-state index contributed by atoms with van der Waals surface area (Å²) in [5, 5.41) is 3.30. The molecule has 4 heteroatoms. The van der Waals surface area contributed by atoms with E-state index in [9.17, 15) is 4.39 Å². The topological polar surface area (TPSA) is 12.0 Å². The highest BCUT2D eigenvalue weighted by Crippen LogP contribution is 2.18. The quantitative estimate of drug-likeness (QED) is 0.723. The Morgan fingerprint density at radius 2 is 2.00 bits per heavy atom. The Morgan fingerprint density at radius 1 is 1.18 bits per heavy atom. The lowest BCUT2D eigenvalue weighted by molar-refractivity contribution is 0.620. The molecule has 1 nitrogen and oxygen atoms in total. The third-order valence-corrected chi connectivity index (χ3v) is 3.58. The van der Waals surface area contributed by atoms with Crippen molar-refractivity contribution >= 4 is 44.2 Å². The van der Waals surface area contributed by atoms with Gasteiger partial charge in [-0.15, -0.1) is 0 Å². The van der Waals surface area contributed by atoms with E-state index in [0.29, 0.717) is 11.0 Å². The number of hydrogen-bond acceptors (Lipinski definition) is 1. The molecule has 0 heterocycles. The molecule has 0 bridgehead atoms. The normalized spacial score (nSPS) is 10.3. The zero-order valence-electron chi connectivity index (χ0n) is 8.88. The summed E-state index contributed by atoms with van der Waals surface area (Å²) in [5.74, 6) is -0.233. The van der Waals surface area contributed by atoms with Gasteiger partial charge in [-0.2, -0.15) is 0 Å². The molecule has 1 N–H and O–H groups in total. The van der Waals surface area contributed by atoms with Crippen molar-refractivity contribution in [3.63, 3.8) is 0 Å². The van der Waals surface area contributed by atoms with E-state index in [-0.39, 0.29) is 5.82 Å². The van der Waals surface area contributed by atoms with E-state index in [1.54, 1.807) is 12.1 Å². The summed E-state index contributed by atoms with van der Waals surface area (Å²) in [4.78, 5) is 0. The molecule has 0 aliphatic carbocycles. The number of hydrogen-bond donors (Lipinski definition) is 1. The molecule has 0 amide bonds. The van der Waals surface area contributed by atoms with Crippen molar-refractivity contribution in [1.82, 2.24) is 0 Å². The first-order chi connectivity index (χ1) is 8.15. The summed E-state index contributed by atoms with van der Waals surface area (Å²) in [6.45, 7) is 0.680. The van der Waals surface area contributed by atoms with Gasteiger partial charge in [-0.25, -0.2) is 4.39 Å². The average molecular weight is 406 g/mol. The second-order valence-electron chi connectivity index (χ2n) is 3.61. The van der Waals surface area contributed by atoms with Gasteiger partial charge in [0.25, 0.3) is 0 Å². The van der Waals surface area contributed by atoms with Crippen LogP contribution in [0.15, 0.2) is 46.9 Å². The Hall–Kier alpha value is -0.620. The van der Waals surface area contributed by atoms with Crippen LogP contribution in [0.3, 0.4) is 0 Å². The van der Waals surface area contributed by atoms with Crippen molar-refractivity contribution in [3.8, 4) is 0 Å². The molecule has 0 fully saturated rings. The van der Waals surface area contributed by atoms with Gasteiger partial charge in [0.2, 0.25) is 0 Å². The van der Waals surface area contributed by atoms with E-state index in [2.05, 4.69) is 49.9 Å². The number of benzene rings is 2. The molecule has 0 aliphatic rings. The molecule has 2 rings (SSSR count). The Morgan fingerprint density at radius 3 is 2.71 bits per heavy atom. The highest BCUT2D eigenvalue weighted by atomic mass is 127. The SMILES string of the molecule is Fc1ccc(CNc2cccc(I)c2)cc1Br. The summed E-state index contributed by atoms with van der Waals surface area (Å²) < 4.78 is 14.7. The molecule has 0 atom stereocenters. The Balaban J connectivity index is 2.05. The molecular weight excluding hydrogens is 396 g/mol. The molecule has 2 aromatic rings. The van der Waals surface area contributed by atoms with E-state index in [1.165, 1.54) is 9.64 Å². The molecular formula is C13H10BrFIN. The van der Waals surface area contributed by atoms with Gasteiger partial charge in [-0.1, -0.05) is 12.1 Å². The lowest BCUT2D eigenvalue weighted by atomic mass is 10.2. The van der Waals surface area contributed by atoms with Crippen LogP contribution in [0.25, 0.3) is 0 Å². The van der Waals surface area contributed by atoms with Gasteiger partial charge in [-0.3, -0.25) is 0 Å². The van der Waals surface area contributed by atoms with Gasteiger partial charge in [0.05, 0.1) is 4.47 Å². The van der Waals surface area contributed by atoms with E-state index < -0.39 is 0 Å². The van der Waals surface area contributed by atoms with Crippen LogP contribution in [0.5, 0.6) is 0 Å². The maximum Gasteiger partial charge on any atom is 0.137 e. The minimum absolute atomic E-state index is 0.233. The van der Waals surface area contributed by atoms with Crippen molar-refractivity contribution < 1.29 is 4.39 Å². The third kappa shape index (κ3) is 3.67. The smallest absolute Gasteiger partial charge is 0.137 e. The number of rotatable bonds is 3. The van der Waals surface area contributed by atoms with Crippen LogP contribution in [0.4, 0.5) is 10.1 Å². The Labute approximate surface area is 122 Å². The molecule has 2 aromatic carbocycles. The first kappa shape index (κ1) is 12.8. The zero-order valence-corrected chi connectivity index (χ0v) is 12.6. The van der Waals surface area contributed by atoms with Gasteiger partial charge in [0.1, 0.15) is 5.82 Å². The minimum atomic E-state index is -0.233. The van der Waals surface area contributed by atoms with E-state index in [4.69, 9.17) is 0 Å². The first-order valence-corrected chi connectivity index (χ1v) is 6.96. The Bertz CT molecular complexity index is 531. The summed E-state index contributed by atoms with van der Waals surface area (Å²) in [5.41, 5.74) is 2.11. The highest BCUT2D eigenvalue weighted by Gasteiger charge is 2.00. The lowest BCUT2D eigenvalue weighted by Gasteiger charge is -2.07. The van der Waals surface area contributed by atoms with Crippen molar-refractivity contribution in [3.05, 3.63) is 61.9 Å². The fraction of sp³-hybridized carbons (Fsp3) is 0.0769. The number of anilines is 1. The second-order valence-corrected chi connectivity index (χ2v) is 5.71. The van der Waals surface area contributed by atoms with Crippen LogP contribution in [0.1, 0.15) is 5.56 Å². The lowest BCUT2D eigenvalue weighted by Crippen LogP contribution is -1.99. The molecule has 0 unspecified atom stereocenters. The van der Waals surface area contributed by atoms with Gasteiger partial charge >= 0.3 is 0 Å². The molecule has 0 spiro atoms. The van der Waals surface area contributed by atoms with Gasteiger partial charge in [0.15, 0.2) is 0 Å². The zero-order chi connectivity index (χ0) is 12.3. The molecule has 88 valence electrons. The van der Waals surface area contributed by atoms with Crippen LogP contribution >= 0.6 is 38.5 Å². The summed E-state index contributed by atoms with van der Waals surface area (Å²) in [6.07, 6.45) is 0.